The number of amidine groups is 4. The number of piperazine rings is 4. The minimum atomic E-state index is -0.198. The summed E-state index contributed by atoms with van der Waals surface area (Å²) in [7, 11) is 14.5. The largest absolute Gasteiger partial charge is 0.495 e. The first-order valence-corrected chi connectivity index (χ1v) is 52.1. The van der Waals surface area contributed by atoms with E-state index in [-0.39, 0.29) is 29.2 Å². The summed E-state index contributed by atoms with van der Waals surface area (Å²) >= 11 is 52.9. The Labute approximate surface area is 913 Å². The van der Waals surface area contributed by atoms with E-state index in [1.54, 1.807) is 81.1 Å². The van der Waals surface area contributed by atoms with Crippen molar-refractivity contribution in [2.75, 3.05) is 182 Å². The standard InChI is InChI=1S/C30H32Cl2N4O3.C29H30Cl2N4O3.C28H28Cl2N4O3.C27H26Cl2N4O3/c1-18(2)35-11-13-36(14-12-35)22-8-5-19(6-9-22)30(37)34-29-23-10-7-20(15-21(23)17-33-29)26-27(31)24(38-3)16-25(39-4)28(26)32;1-29(2)16-35(12-11-33-29)20-8-5-17(6-9-20)28(36)34-27-21-10-7-18(13-19(21)15-32-27)24-25(30)22(37-3)14-23(38-4)26(24)31;1-33-9-11-34(12-10-33)20-6-4-5-18(14-20)28(35)32-27-21-8-7-17(13-19(21)16-31-27)24-25(29)22(36-2)15-23(37-3)26(24)30;1-35-21-14-22(36-2)25(29)23(24(21)28)17-5-8-20-18(13-17)15-31-26(20)32-27(34)16-3-6-19(7-4-16)33-11-9-30-10-12-33/h5-10,15-16,18H,11-14,17H2,1-4H3,(H,33,34,37);5-10,13-14,33H,11-12,15-16H2,1-4H3,(H,32,34,36);4-8,13-15H,9-12,16H2,1-3H3,(H,31,32,35);3-8,13-14,30H,9-12,15H2,1-2H3,(H,31,32,34). The number of likely N-dealkylation sites (N-methyl/N-ethyl adjacent to an activating group) is 1. The lowest BCUT2D eigenvalue weighted by atomic mass is 9.99. The molecule has 4 fully saturated rings. The number of hydrogen-bond donors (Lipinski definition) is 6. The van der Waals surface area contributed by atoms with Gasteiger partial charge in [-0.05, 0) is 195 Å². The van der Waals surface area contributed by atoms with E-state index < -0.39 is 0 Å². The Morgan fingerprint density at radius 3 is 0.880 bits per heavy atom. The van der Waals surface area contributed by atoms with Crippen molar-refractivity contribution in [2.24, 2.45) is 20.0 Å². The van der Waals surface area contributed by atoms with E-state index in [1.165, 1.54) is 0 Å². The molecule has 28 nitrogen and oxygen atoms in total. The Kier molecular flexibility index (Phi) is 34.7. The van der Waals surface area contributed by atoms with Gasteiger partial charge in [0.25, 0.3) is 23.6 Å². The van der Waals surface area contributed by atoms with Crippen LogP contribution in [0.5, 0.6) is 46.0 Å². The normalized spacial score (nSPS) is 15.3. The van der Waals surface area contributed by atoms with Crippen molar-refractivity contribution in [3.05, 3.63) is 301 Å². The smallest absolute Gasteiger partial charge is 0.256 e. The highest BCUT2D eigenvalue weighted by atomic mass is 35.5. The molecule has 0 radical (unpaired) electrons. The Morgan fingerprint density at radius 2 is 0.587 bits per heavy atom. The maximum absolute atomic E-state index is 13.1. The van der Waals surface area contributed by atoms with E-state index in [9.17, 15) is 19.2 Å². The Morgan fingerprint density at radius 1 is 0.313 bits per heavy atom. The first kappa shape index (κ1) is 108. The van der Waals surface area contributed by atoms with E-state index >= 15 is 0 Å². The number of rotatable bonds is 21. The van der Waals surface area contributed by atoms with Gasteiger partial charge in [0.2, 0.25) is 0 Å². The van der Waals surface area contributed by atoms with Crippen molar-refractivity contribution in [3.8, 4) is 90.5 Å². The number of fused-ring (bicyclic) bond motifs is 4. The zero-order valence-corrected chi connectivity index (χ0v) is 91.4. The highest BCUT2D eigenvalue weighted by molar-refractivity contribution is 6.44. The number of carbonyl (C=O) groups is 4. The van der Waals surface area contributed by atoms with Crippen LogP contribution in [0.25, 0.3) is 44.5 Å². The second-order valence-electron chi connectivity index (χ2n) is 37.7. The number of amides is 4. The Balaban J connectivity index is 0.000000136. The van der Waals surface area contributed by atoms with Gasteiger partial charge < -0.3 is 94.3 Å². The molecule has 0 aliphatic carbocycles. The van der Waals surface area contributed by atoms with Gasteiger partial charge in [0, 0.05) is 224 Å². The zero-order chi connectivity index (χ0) is 106. The van der Waals surface area contributed by atoms with E-state index in [4.69, 9.17) is 131 Å². The van der Waals surface area contributed by atoms with Gasteiger partial charge in [-0.3, -0.25) is 44.0 Å². The molecule has 8 aliphatic rings. The molecular formula is C114H116Cl8N16O12. The number of benzene rings is 12. The van der Waals surface area contributed by atoms with E-state index in [1.807, 2.05) is 164 Å². The molecule has 36 heteroatoms. The van der Waals surface area contributed by atoms with Crippen LogP contribution in [-0.4, -0.2) is 230 Å². The summed E-state index contributed by atoms with van der Waals surface area (Å²) in [5, 5.41) is 22.0. The third-order valence-electron chi connectivity index (χ3n) is 27.6. The average Bonchev–Trinajstić information content (AvgIpc) is 1.55. The Bertz CT molecular complexity index is 7140. The Hall–Kier alpha value is -13.0. The molecule has 12 aromatic rings. The van der Waals surface area contributed by atoms with Gasteiger partial charge in [-0.1, -0.05) is 147 Å². The number of ether oxygens (including phenoxy) is 8. The fourth-order valence-corrected chi connectivity index (χ4v) is 22.2. The number of aliphatic imine (C=N–C) groups is 4. The number of methoxy groups -OCH3 is 8. The molecule has 20 rings (SSSR count). The molecule has 0 unspecified atom stereocenters. The molecular weight excluding hydrogens is 2070 g/mol. The molecule has 8 heterocycles. The van der Waals surface area contributed by atoms with E-state index in [0.717, 1.165) is 188 Å². The monoisotopic (exact) mass is 2180 g/mol. The van der Waals surface area contributed by atoms with Crippen LogP contribution in [0.3, 0.4) is 0 Å². The third kappa shape index (κ3) is 23.8. The molecule has 780 valence electrons. The van der Waals surface area contributed by atoms with Crippen molar-refractivity contribution >= 4 is 163 Å². The zero-order valence-electron chi connectivity index (χ0n) is 85.4. The maximum atomic E-state index is 13.1. The van der Waals surface area contributed by atoms with E-state index in [0.29, 0.717) is 186 Å². The number of nitrogens with zero attached hydrogens (tertiary/aromatic N) is 10. The van der Waals surface area contributed by atoms with Crippen LogP contribution in [0.4, 0.5) is 22.7 Å². The molecule has 6 N–H and O–H groups in total. The van der Waals surface area contributed by atoms with Crippen LogP contribution in [0.2, 0.25) is 40.2 Å². The van der Waals surface area contributed by atoms with Gasteiger partial charge in [-0.15, -0.1) is 0 Å². The van der Waals surface area contributed by atoms with Gasteiger partial charge in [0.05, 0.1) is 123 Å². The second-order valence-corrected chi connectivity index (χ2v) is 40.7. The van der Waals surface area contributed by atoms with Crippen LogP contribution >= 0.6 is 92.8 Å². The molecule has 12 aromatic carbocycles. The van der Waals surface area contributed by atoms with E-state index in [2.05, 4.69) is 122 Å². The van der Waals surface area contributed by atoms with Crippen molar-refractivity contribution in [1.82, 2.24) is 41.7 Å². The van der Waals surface area contributed by atoms with Gasteiger partial charge in [-0.25, -0.2) is 0 Å². The molecule has 0 spiro atoms. The molecule has 8 aliphatic heterocycles. The summed E-state index contributed by atoms with van der Waals surface area (Å²) in [6, 6.07) is 61.4. The lowest BCUT2D eigenvalue weighted by molar-refractivity contribution is 0.0968. The minimum Gasteiger partial charge on any atom is -0.495 e. The summed E-state index contributed by atoms with van der Waals surface area (Å²) in [5.74, 6) is 5.22. The summed E-state index contributed by atoms with van der Waals surface area (Å²) in [6.07, 6.45) is 0. The third-order valence-corrected chi connectivity index (χ3v) is 30.6. The van der Waals surface area contributed by atoms with Crippen molar-refractivity contribution < 1.29 is 57.1 Å². The SMILES string of the molecule is COc1cc(OC)c(Cl)c(-c2ccc3c(c2)CN=C3NC(=O)c2ccc(N3CCN(C(C)C)CC3)cc2)c1Cl.COc1cc(OC)c(Cl)c(-c2ccc3c(c2)CN=C3NC(=O)c2ccc(N3CCNC(C)(C)C3)cc2)c1Cl.COc1cc(OC)c(Cl)c(-c2ccc3c(c2)CN=C3NC(=O)c2ccc(N3CCNCC3)cc2)c1Cl.COc1cc(OC)c(Cl)c(-c2ccc3c(c2)CN=C3NC(=O)c2cccc(N3CCN(C)CC3)c2)c1Cl. The summed E-state index contributed by atoms with van der Waals surface area (Å²) in [6.45, 7) is 25.2. The molecule has 0 bridgehead atoms. The second kappa shape index (κ2) is 48.1. The first-order valence-electron chi connectivity index (χ1n) is 49.1. The van der Waals surface area contributed by atoms with Crippen LogP contribution in [0.1, 0.15) is 114 Å². The molecule has 0 aromatic heterocycles. The van der Waals surface area contributed by atoms with Gasteiger partial charge in [-0.2, -0.15) is 0 Å². The number of carbonyl (C=O) groups excluding carboxylic acids is 4. The fraction of sp³-hybridized carbons (Fsp3) is 0.298. The maximum Gasteiger partial charge on any atom is 0.256 e. The van der Waals surface area contributed by atoms with Crippen LogP contribution < -0.4 is 89.4 Å². The highest BCUT2D eigenvalue weighted by Gasteiger charge is 2.33. The highest BCUT2D eigenvalue weighted by Crippen LogP contribution is 2.52. The molecule has 150 heavy (non-hydrogen) atoms. The lowest BCUT2D eigenvalue weighted by Crippen LogP contribution is -2.57. The predicted octanol–water partition coefficient (Wildman–Crippen LogP) is 21.4. The number of hydrogen-bond acceptors (Lipinski definition) is 24. The van der Waals surface area contributed by atoms with Crippen molar-refractivity contribution in [3.63, 3.8) is 0 Å². The fourth-order valence-electron chi connectivity index (χ4n) is 19.3. The minimum absolute atomic E-state index is 0.0531. The molecule has 0 saturated carbocycles. The number of nitrogens with one attached hydrogen (secondary N) is 6. The van der Waals surface area contributed by atoms with Crippen LogP contribution in [0, 0.1) is 0 Å². The molecule has 4 saturated heterocycles. The molecule has 4 amide bonds. The summed E-state index contributed by atoms with van der Waals surface area (Å²) in [4.78, 5) is 84.6. The average molecular weight is 2190 g/mol. The quantitative estimate of drug-likeness (QED) is 0.0390. The van der Waals surface area contributed by atoms with Gasteiger partial charge in [0.15, 0.2) is 0 Å². The first-order chi connectivity index (χ1) is 72.4. The van der Waals surface area contributed by atoms with Gasteiger partial charge in [0.1, 0.15) is 69.3 Å². The van der Waals surface area contributed by atoms with Crippen molar-refractivity contribution in [1.29, 1.82) is 0 Å². The predicted molar refractivity (Wildman–Crippen MR) is 605 cm³/mol. The van der Waals surface area contributed by atoms with Crippen molar-refractivity contribution in [2.45, 2.75) is 65.5 Å². The summed E-state index contributed by atoms with van der Waals surface area (Å²) in [5.41, 5.74) is 19.9. The lowest BCUT2D eigenvalue weighted by Gasteiger charge is -2.40. The van der Waals surface area contributed by atoms with Crippen LogP contribution in [0.15, 0.2) is 214 Å². The topological polar surface area (TPSA) is 283 Å². The summed E-state index contributed by atoms with van der Waals surface area (Å²) < 4.78 is 43.2. The molecule has 0 atom stereocenters. The number of halogens is 8. The van der Waals surface area contributed by atoms with Gasteiger partial charge >= 0.3 is 0 Å². The van der Waals surface area contributed by atoms with Crippen LogP contribution in [-0.2, 0) is 26.2 Å². The number of anilines is 4.